The Bertz CT molecular complexity index is 239. The summed E-state index contributed by atoms with van der Waals surface area (Å²) in [7, 11) is 4.37. The van der Waals surface area contributed by atoms with Crippen LogP contribution < -0.4 is 5.32 Å². The number of hydrogen-bond donors (Lipinski definition) is 1. The fourth-order valence-electron chi connectivity index (χ4n) is 2.73. The lowest BCUT2D eigenvalue weighted by Gasteiger charge is -2.37. The van der Waals surface area contributed by atoms with Crippen LogP contribution in [0, 0.1) is 5.92 Å². The number of nitrogens with one attached hydrogen (secondary N) is 1. The second-order valence-electron chi connectivity index (χ2n) is 6.95. The molecule has 1 rings (SSSR count). The average Bonchev–Trinajstić information content (AvgIpc) is 2.22. The highest BCUT2D eigenvalue weighted by molar-refractivity contribution is 4.84. The van der Waals surface area contributed by atoms with Crippen LogP contribution in [0.25, 0.3) is 0 Å². The predicted molar refractivity (Wildman–Crippen MR) is 78.0 cm³/mol. The zero-order valence-corrected chi connectivity index (χ0v) is 13.1. The lowest BCUT2D eigenvalue weighted by Crippen LogP contribution is -2.48. The summed E-state index contributed by atoms with van der Waals surface area (Å²) in [5, 5.41) is 3.74. The summed E-state index contributed by atoms with van der Waals surface area (Å²) in [4.78, 5) is 2.34. The Morgan fingerprint density at radius 1 is 1.33 bits per heavy atom. The number of hydrogen-bond acceptors (Lipinski definition) is 3. The zero-order valence-electron chi connectivity index (χ0n) is 13.1. The van der Waals surface area contributed by atoms with Gasteiger partial charge in [-0.15, -0.1) is 0 Å². The number of rotatable bonds is 6. The Balaban J connectivity index is 2.37. The van der Waals surface area contributed by atoms with Crippen LogP contribution in [0.2, 0.25) is 0 Å². The van der Waals surface area contributed by atoms with E-state index in [1.807, 2.05) is 0 Å². The summed E-state index contributed by atoms with van der Waals surface area (Å²) in [6, 6.07) is 1.25. The van der Waals surface area contributed by atoms with Gasteiger partial charge in [0.2, 0.25) is 0 Å². The summed E-state index contributed by atoms with van der Waals surface area (Å²) in [6.07, 6.45) is 3.52. The van der Waals surface area contributed by atoms with Crippen LogP contribution in [-0.2, 0) is 4.74 Å². The molecule has 1 saturated heterocycles. The van der Waals surface area contributed by atoms with Crippen LogP contribution in [0.3, 0.4) is 0 Å². The first-order valence-corrected chi connectivity index (χ1v) is 7.34. The molecule has 0 bridgehead atoms. The Kier molecular flexibility index (Phi) is 6.09. The zero-order chi connectivity index (χ0) is 13.8. The summed E-state index contributed by atoms with van der Waals surface area (Å²) in [5.74, 6) is 0.755. The maximum atomic E-state index is 5.76. The van der Waals surface area contributed by atoms with Crippen molar-refractivity contribution in [3.63, 3.8) is 0 Å². The molecule has 1 N–H and O–H groups in total. The molecular formula is C15H32N2O. The second kappa shape index (κ2) is 6.88. The standard InChI is InChI=1S/C15H32N2O/c1-12(2)9-14(17(5)6)11-16-13-7-8-18-15(3,4)10-13/h12-14,16H,7-11H2,1-6H3. The number of ether oxygens (including phenoxy) is 1. The van der Waals surface area contributed by atoms with E-state index in [-0.39, 0.29) is 5.60 Å². The number of likely N-dealkylation sites (N-methyl/N-ethyl adjacent to an activating group) is 1. The third-order valence-corrected chi connectivity index (χ3v) is 3.81. The van der Waals surface area contributed by atoms with Crippen molar-refractivity contribution >= 4 is 0 Å². The van der Waals surface area contributed by atoms with E-state index in [2.05, 4.69) is 52.0 Å². The monoisotopic (exact) mass is 256 g/mol. The molecule has 3 heteroatoms. The molecule has 0 aromatic carbocycles. The lowest BCUT2D eigenvalue weighted by atomic mass is 9.93. The predicted octanol–water partition coefficient (Wildman–Crippen LogP) is 2.51. The largest absolute Gasteiger partial charge is 0.375 e. The van der Waals surface area contributed by atoms with Crippen LogP contribution in [-0.4, -0.2) is 49.8 Å². The minimum Gasteiger partial charge on any atom is -0.375 e. The van der Waals surface area contributed by atoms with E-state index in [0.717, 1.165) is 31.9 Å². The van der Waals surface area contributed by atoms with Crippen molar-refractivity contribution in [2.24, 2.45) is 5.92 Å². The van der Waals surface area contributed by atoms with Gasteiger partial charge in [-0.3, -0.25) is 0 Å². The second-order valence-corrected chi connectivity index (χ2v) is 6.95. The van der Waals surface area contributed by atoms with Gasteiger partial charge in [0, 0.05) is 25.2 Å². The van der Waals surface area contributed by atoms with Crippen molar-refractivity contribution in [1.29, 1.82) is 0 Å². The van der Waals surface area contributed by atoms with Crippen LogP contribution in [0.15, 0.2) is 0 Å². The van der Waals surface area contributed by atoms with Gasteiger partial charge in [0.05, 0.1) is 5.60 Å². The van der Waals surface area contributed by atoms with Crippen LogP contribution in [0.5, 0.6) is 0 Å². The van der Waals surface area contributed by atoms with Crippen molar-refractivity contribution in [2.75, 3.05) is 27.2 Å². The van der Waals surface area contributed by atoms with E-state index in [9.17, 15) is 0 Å². The highest BCUT2D eigenvalue weighted by Crippen LogP contribution is 2.24. The molecule has 0 radical (unpaired) electrons. The molecule has 0 aromatic rings. The van der Waals surface area contributed by atoms with Gasteiger partial charge in [-0.1, -0.05) is 13.8 Å². The molecule has 0 amide bonds. The maximum Gasteiger partial charge on any atom is 0.0641 e. The van der Waals surface area contributed by atoms with E-state index in [1.54, 1.807) is 0 Å². The molecule has 2 atom stereocenters. The normalized spacial score (nSPS) is 25.7. The minimum absolute atomic E-state index is 0.0432. The molecule has 1 aliphatic rings. The van der Waals surface area contributed by atoms with Gasteiger partial charge in [-0.2, -0.15) is 0 Å². The molecule has 1 aliphatic heterocycles. The molecule has 0 aromatic heterocycles. The third-order valence-electron chi connectivity index (χ3n) is 3.81. The first-order valence-electron chi connectivity index (χ1n) is 7.34. The summed E-state index contributed by atoms with van der Waals surface area (Å²) in [5.41, 5.74) is 0.0432. The van der Waals surface area contributed by atoms with E-state index < -0.39 is 0 Å². The SMILES string of the molecule is CC(C)CC(CNC1CCOC(C)(C)C1)N(C)C. The van der Waals surface area contributed by atoms with Crippen LogP contribution in [0.1, 0.15) is 47.0 Å². The van der Waals surface area contributed by atoms with E-state index in [0.29, 0.717) is 12.1 Å². The topological polar surface area (TPSA) is 24.5 Å². The van der Waals surface area contributed by atoms with Crippen molar-refractivity contribution < 1.29 is 4.74 Å². The molecule has 108 valence electrons. The van der Waals surface area contributed by atoms with Crippen molar-refractivity contribution in [1.82, 2.24) is 10.2 Å². The first kappa shape index (κ1) is 15.9. The Hall–Kier alpha value is -0.120. The average molecular weight is 256 g/mol. The fraction of sp³-hybridized carbons (Fsp3) is 1.00. The maximum absolute atomic E-state index is 5.76. The molecule has 0 saturated carbocycles. The van der Waals surface area contributed by atoms with Gasteiger partial charge < -0.3 is 15.0 Å². The lowest BCUT2D eigenvalue weighted by molar-refractivity contribution is -0.0633. The van der Waals surface area contributed by atoms with Gasteiger partial charge in [0.15, 0.2) is 0 Å². The first-order chi connectivity index (χ1) is 8.30. The van der Waals surface area contributed by atoms with Gasteiger partial charge in [-0.25, -0.2) is 0 Å². The molecule has 3 nitrogen and oxygen atoms in total. The summed E-state index contributed by atoms with van der Waals surface area (Å²) >= 11 is 0. The summed E-state index contributed by atoms with van der Waals surface area (Å²) < 4.78 is 5.76. The minimum atomic E-state index is 0.0432. The van der Waals surface area contributed by atoms with Crippen LogP contribution >= 0.6 is 0 Å². The Morgan fingerprint density at radius 2 is 2.00 bits per heavy atom. The van der Waals surface area contributed by atoms with Crippen molar-refractivity contribution in [3.05, 3.63) is 0 Å². The molecule has 1 heterocycles. The molecule has 1 fully saturated rings. The molecular weight excluding hydrogens is 224 g/mol. The van der Waals surface area contributed by atoms with E-state index in [4.69, 9.17) is 4.74 Å². The van der Waals surface area contributed by atoms with Crippen LogP contribution in [0.4, 0.5) is 0 Å². The van der Waals surface area contributed by atoms with Gasteiger partial charge in [0.1, 0.15) is 0 Å². The van der Waals surface area contributed by atoms with Gasteiger partial charge >= 0.3 is 0 Å². The van der Waals surface area contributed by atoms with Gasteiger partial charge in [0.25, 0.3) is 0 Å². The highest BCUT2D eigenvalue weighted by atomic mass is 16.5. The number of nitrogens with zero attached hydrogens (tertiary/aromatic N) is 1. The summed E-state index contributed by atoms with van der Waals surface area (Å²) in [6.45, 7) is 11.0. The van der Waals surface area contributed by atoms with E-state index >= 15 is 0 Å². The molecule has 0 aliphatic carbocycles. The molecule has 2 unspecified atom stereocenters. The Morgan fingerprint density at radius 3 is 2.50 bits per heavy atom. The fourth-order valence-corrected chi connectivity index (χ4v) is 2.73. The molecule has 18 heavy (non-hydrogen) atoms. The smallest absolute Gasteiger partial charge is 0.0641 e. The van der Waals surface area contributed by atoms with Crippen molar-refractivity contribution in [3.8, 4) is 0 Å². The quantitative estimate of drug-likeness (QED) is 0.790. The van der Waals surface area contributed by atoms with E-state index in [1.165, 1.54) is 6.42 Å². The van der Waals surface area contributed by atoms with Crippen molar-refractivity contribution in [2.45, 2.75) is 64.6 Å². The molecule has 0 spiro atoms. The third kappa shape index (κ3) is 5.68. The Labute approximate surface area is 113 Å². The highest BCUT2D eigenvalue weighted by Gasteiger charge is 2.29. The van der Waals surface area contributed by atoms with Gasteiger partial charge in [-0.05, 0) is 53.1 Å².